The first-order valence-corrected chi connectivity index (χ1v) is 10.4. The van der Waals surface area contributed by atoms with Crippen LogP contribution in [0.25, 0.3) is 0 Å². The number of benzene rings is 3. The number of hydrogen-bond acceptors (Lipinski definition) is 5. The Morgan fingerprint density at radius 3 is 2.44 bits per heavy atom. The minimum absolute atomic E-state index is 0.0891. The standard InChI is InChI=1S/C24H18ClFN2O4/c1-31-17-9-5-6-14(12-17)21-20-22(32-28(21)15-7-3-2-4-8-15)24(30)27(23(20)29)16-10-11-18(25)19(26)13-16/h2-13,20-22H,1H3/t20-,21-,22-/m1/s1. The number of nitrogens with zero attached hydrogens (tertiary/aromatic N) is 2. The van der Waals surface area contributed by atoms with Crippen LogP contribution in [0.1, 0.15) is 11.6 Å². The molecule has 2 saturated heterocycles. The van der Waals surface area contributed by atoms with Gasteiger partial charge in [0.05, 0.1) is 29.5 Å². The van der Waals surface area contributed by atoms with E-state index in [0.29, 0.717) is 11.4 Å². The number of fused-ring (bicyclic) bond motifs is 1. The SMILES string of the molecule is COc1cccc([C@@H]2[C@H]3C(=O)N(c4ccc(Cl)c(F)c4)C(=O)[C@@H]3ON2c2ccccc2)c1. The molecule has 0 radical (unpaired) electrons. The Labute approximate surface area is 188 Å². The highest BCUT2D eigenvalue weighted by Crippen LogP contribution is 2.48. The number of amides is 2. The van der Waals surface area contributed by atoms with Crippen molar-refractivity contribution in [3.63, 3.8) is 0 Å². The Balaban J connectivity index is 1.59. The fourth-order valence-electron chi connectivity index (χ4n) is 4.26. The van der Waals surface area contributed by atoms with Gasteiger partial charge in [-0.05, 0) is 48.0 Å². The van der Waals surface area contributed by atoms with Crippen LogP contribution in [0, 0.1) is 11.7 Å². The Kier molecular flexibility index (Phi) is 5.07. The van der Waals surface area contributed by atoms with E-state index in [1.807, 2.05) is 48.5 Å². The van der Waals surface area contributed by atoms with Gasteiger partial charge in [0, 0.05) is 0 Å². The molecule has 2 aliphatic rings. The van der Waals surface area contributed by atoms with Gasteiger partial charge in [-0.1, -0.05) is 41.9 Å². The Hall–Kier alpha value is -3.42. The first-order chi connectivity index (χ1) is 15.5. The molecule has 2 amide bonds. The van der Waals surface area contributed by atoms with Crippen LogP contribution in [-0.4, -0.2) is 25.0 Å². The van der Waals surface area contributed by atoms with Crippen molar-refractivity contribution in [2.75, 3.05) is 17.1 Å². The second-order valence-corrected chi connectivity index (χ2v) is 7.95. The normalized spacial score (nSPS) is 22.4. The number of carbonyl (C=O) groups is 2. The van der Waals surface area contributed by atoms with Crippen LogP contribution in [0.15, 0.2) is 72.8 Å². The molecule has 0 unspecified atom stereocenters. The van der Waals surface area contributed by atoms with Gasteiger partial charge in [0.2, 0.25) is 5.91 Å². The molecule has 0 aliphatic carbocycles. The summed E-state index contributed by atoms with van der Waals surface area (Å²) >= 11 is 5.77. The average molecular weight is 453 g/mol. The molecule has 0 spiro atoms. The maximum Gasteiger partial charge on any atom is 0.266 e. The smallest absolute Gasteiger partial charge is 0.266 e. The molecule has 2 fully saturated rings. The van der Waals surface area contributed by atoms with E-state index >= 15 is 0 Å². The molecule has 2 heterocycles. The molecule has 2 aliphatic heterocycles. The summed E-state index contributed by atoms with van der Waals surface area (Å²) in [7, 11) is 1.56. The lowest BCUT2D eigenvalue weighted by Crippen LogP contribution is -2.37. The van der Waals surface area contributed by atoms with Crippen molar-refractivity contribution in [1.29, 1.82) is 0 Å². The number of hydrogen-bond donors (Lipinski definition) is 0. The summed E-state index contributed by atoms with van der Waals surface area (Å²) in [6, 6.07) is 19.8. The van der Waals surface area contributed by atoms with Gasteiger partial charge in [0.1, 0.15) is 17.5 Å². The van der Waals surface area contributed by atoms with E-state index in [1.54, 1.807) is 18.2 Å². The molecular weight excluding hydrogens is 435 g/mol. The maximum atomic E-state index is 14.1. The van der Waals surface area contributed by atoms with Crippen molar-refractivity contribution in [2.45, 2.75) is 12.1 Å². The van der Waals surface area contributed by atoms with E-state index in [1.165, 1.54) is 12.1 Å². The number of hydroxylamine groups is 1. The summed E-state index contributed by atoms with van der Waals surface area (Å²) in [6.07, 6.45) is -1.04. The summed E-state index contributed by atoms with van der Waals surface area (Å²) in [6.45, 7) is 0. The molecule has 3 aromatic rings. The van der Waals surface area contributed by atoms with Crippen molar-refractivity contribution in [3.05, 3.63) is 89.2 Å². The number of rotatable bonds is 4. The number of halogens is 2. The van der Waals surface area contributed by atoms with Gasteiger partial charge in [0.15, 0.2) is 6.10 Å². The Morgan fingerprint density at radius 1 is 0.938 bits per heavy atom. The predicted octanol–water partition coefficient (Wildman–Crippen LogP) is 4.54. The van der Waals surface area contributed by atoms with E-state index in [4.69, 9.17) is 21.2 Å². The molecule has 3 aromatic carbocycles. The van der Waals surface area contributed by atoms with Gasteiger partial charge in [0.25, 0.3) is 5.91 Å². The zero-order chi connectivity index (χ0) is 22.4. The molecule has 3 atom stereocenters. The molecule has 6 nitrogen and oxygen atoms in total. The van der Waals surface area contributed by atoms with Crippen LogP contribution >= 0.6 is 11.6 Å². The van der Waals surface area contributed by atoms with E-state index in [2.05, 4.69) is 0 Å². The lowest BCUT2D eigenvalue weighted by Gasteiger charge is -2.29. The van der Waals surface area contributed by atoms with Crippen LogP contribution in [0.4, 0.5) is 15.8 Å². The second-order valence-electron chi connectivity index (χ2n) is 7.54. The third-order valence-corrected chi connectivity index (χ3v) is 6.03. The Morgan fingerprint density at radius 2 is 1.72 bits per heavy atom. The molecule has 8 heteroatoms. The third kappa shape index (κ3) is 3.21. The lowest BCUT2D eigenvalue weighted by atomic mass is 9.90. The van der Waals surface area contributed by atoms with Crippen LogP contribution in [0.3, 0.4) is 0 Å². The maximum absolute atomic E-state index is 14.1. The summed E-state index contributed by atoms with van der Waals surface area (Å²) in [5, 5.41) is 1.51. The molecule has 0 N–H and O–H groups in total. The average Bonchev–Trinajstić information content (AvgIpc) is 3.32. The summed E-state index contributed by atoms with van der Waals surface area (Å²) < 4.78 is 19.4. The number of ether oxygens (including phenoxy) is 1. The highest BCUT2D eigenvalue weighted by atomic mass is 35.5. The predicted molar refractivity (Wildman–Crippen MR) is 117 cm³/mol. The molecular formula is C24H18ClFN2O4. The lowest BCUT2D eigenvalue weighted by molar-refractivity contribution is -0.126. The van der Waals surface area contributed by atoms with Gasteiger partial charge < -0.3 is 4.74 Å². The van der Waals surface area contributed by atoms with Crippen molar-refractivity contribution in [1.82, 2.24) is 0 Å². The van der Waals surface area contributed by atoms with Gasteiger partial charge in [-0.15, -0.1) is 0 Å². The van der Waals surface area contributed by atoms with Gasteiger partial charge in [-0.2, -0.15) is 0 Å². The number of carbonyl (C=O) groups excluding carboxylic acids is 2. The van der Waals surface area contributed by atoms with E-state index < -0.39 is 35.7 Å². The van der Waals surface area contributed by atoms with E-state index in [9.17, 15) is 14.0 Å². The minimum Gasteiger partial charge on any atom is -0.497 e. The van der Waals surface area contributed by atoms with Crippen LogP contribution in [0.2, 0.25) is 5.02 Å². The highest BCUT2D eigenvalue weighted by molar-refractivity contribution is 6.31. The monoisotopic (exact) mass is 452 g/mol. The minimum atomic E-state index is -1.04. The third-order valence-electron chi connectivity index (χ3n) is 5.72. The zero-order valence-electron chi connectivity index (χ0n) is 16.9. The fraction of sp³-hybridized carbons (Fsp3) is 0.167. The van der Waals surface area contributed by atoms with Crippen LogP contribution in [-0.2, 0) is 14.4 Å². The number of para-hydroxylation sites is 1. The quantitative estimate of drug-likeness (QED) is 0.544. The number of imide groups is 1. The van der Waals surface area contributed by atoms with Crippen molar-refractivity contribution in [3.8, 4) is 5.75 Å². The summed E-state index contributed by atoms with van der Waals surface area (Å²) in [5.74, 6) is -1.93. The second kappa shape index (κ2) is 7.93. The summed E-state index contributed by atoms with van der Waals surface area (Å²) in [5.41, 5.74) is 1.58. The van der Waals surface area contributed by atoms with Crippen molar-refractivity contribution in [2.24, 2.45) is 5.92 Å². The highest BCUT2D eigenvalue weighted by Gasteiger charge is 2.60. The first kappa shape index (κ1) is 20.5. The van der Waals surface area contributed by atoms with Crippen molar-refractivity contribution < 1.29 is 23.6 Å². The zero-order valence-corrected chi connectivity index (χ0v) is 17.7. The fourth-order valence-corrected chi connectivity index (χ4v) is 4.37. The molecule has 0 bridgehead atoms. The number of methoxy groups -OCH3 is 1. The van der Waals surface area contributed by atoms with Crippen LogP contribution in [0.5, 0.6) is 5.75 Å². The number of anilines is 2. The molecule has 5 rings (SSSR count). The van der Waals surface area contributed by atoms with E-state index in [0.717, 1.165) is 16.5 Å². The summed E-state index contributed by atoms with van der Waals surface area (Å²) in [4.78, 5) is 33.8. The van der Waals surface area contributed by atoms with Crippen molar-refractivity contribution >= 4 is 34.8 Å². The van der Waals surface area contributed by atoms with E-state index in [-0.39, 0.29) is 10.7 Å². The largest absolute Gasteiger partial charge is 0.497 e. The van der Waals surface area contributed by atoms with Gasteiger partial charge in [-0.25, -0.2) is 14.4 Å². The van der Waals surface area contributed by atoms with Gasteiger partial charge in [-0.3, -0.25) is 14.4 Å². The van der Waals surface area contributed by atoms with Gasteiger partial charge >= 0.3 is 0 Å². The topological polar surface area (TPSA) is 59.1 Å². The first-order valence-electron chi connectivity index (χ1n) is 9.97. The Bertz CT molecular complexity index is 1210. The molecule has 32 heavy (non-hydrogen) atoms. The van der Waals surface area contributed by atoms with Crippen LogP contribution < -0.4 is 14.7 Å². The molecule has 162 valence electrons. The molecule has 0 aromatic heterocycles. The molecule has 0 saturated carbocycles.